The molecule has 0 radical (unpaired) electrons. The van der Waals surface area contributed by atoms with Crippen LogP contribution < -0.4 is 10.2 Å². The van der Waals surface area contributed by atoms with Crippen molar-refractivity contribution in [2.45, 2.75) is 19.8 Å². The van der Waals surface area contributed by atoms with E-state index in [9.17, 15) is 4.79 Å². The molecule has 1 unspecified atom stereocenters. The zero-order valence-corrected chi connectivity index (χ0v) is 17.1. The van der Waals surface area contributed by atoms with Crippen LogP contribution >= 0.6 is 0 Å². The van der Waals surface area contributed by atoms with Gasteiger partial charge in [-0.3, -0.25) is 9.69 Å². The van der Waals surface area contributed by atoms with Crippen LogP contribution in [0.1, 0.15) is 28.8 Å². The molecule has 1 N–H and O–H groups in total. The molecule has 2 aromatic rings. The third-order valence-electron chi connectivity index (χ3n) is 5.78. The Morgan fingerprint density at radius 1 is 1.14 bits per heavy atom. The van der Waals surface area contributed by atoms with E-state index in [1.807, 2.05) is 43.3 Å². The summed E-state index contributed by atoms with van der Waals surface area (Å²) in [7, 11) is 0. The van der Waals surface area contributed by atoms with Crippen LogP contribution in [-0.4, -0.2) is 61.7 Å². The fourth-order valence-electron chi connectivity index (χ4n) is 4.12. The molecular weight excluding hydrogens is 364 g/mol. The lowest BCUT2D eigenvalue weighted by Gasteiger charge is -2.37. The van der Waals surface area contributed by atoms with Crippen molar-refractivity contribution in [2.75, 3.05) is 56.2 Å². The summed E-state index contributed by atoms with van der Waals surface area (Å²) in [6.45, 7) is 9.01. The minimum atomic E-state index is -0.128. The van der Waals surface area contributed by atoms with E-state index in [2.05, 4.69) is 20.1 Å². The SMILES string of the molecule is Cc1ccc(NC(=O)c2ccc(N3CCCC(CN4CCOCC4)C3)nc2)cc1. The van der Waals surface area contributed by atoms with Crippen molar-refractivity contribution in [3.8, 4) is 0 Å². The van der Waals surface area contributed by atoms with E-state index in [1.54, 1.807) is 6.20 Å². The topological polar surface area (TPSA) is 57.7 Å². The van der Waals surface area contributed by atoms with Crippen LogP contribution in [0.25, 0.3) is 0 Å². The molecule has 0 aliphatic carbocycles. The van der Waals surface area contributed by atoms with Gasteiger partial charge in [-0.25, -0.2) is 4.98 Å². The van der Waals surface area contributed by atoms with E-state index in [4.69, 9.17) is 4.74 Å². The average Bonchev–Trinajstić information content (AvgIpc) is 2.76. The molecule has 6 heteroatoms. The second kappa shape index (κ2) is 9.37. The van der Waals surface area contributed by atoms with Gasteiger partial charge in [0.2, 0.25) is 0 Å². The molecule has 1 atom stereocenters. The highest BCUT2D eigenvalue weighted by Gasteiger charge is 2.24. The van der Waals surface area contributed by atoms with E-state index in [-0.39, 0.29) is 5.91 Å². The summed E-state index contributed by atoms with van der Waals surface area (Å²) in [5.41, 5.74) is 2.55. The number of aryl methyl sites for hydroxylation is 1. The summed E-state index contributed by atoms with van der Waals surface area (Å²) in [6.07, 6.45) is 4.14. The van der Waals surface area contributed by atoms with E-state index in [1.165, 1.54) is 18.4 Å². The maximum Gasteiger partial charge on any atom is 0.257 e. The fraction of sp³-hybridized carbons (Fsp3) is 0.478. The molecule has 0 bridgehead atoms. The molecule has 1 amide bonds. The average molecular weight is 395 g/mol. The van der Waals surface area contributed by atoms with Gasteiger partial charge in [0.25, 0.3) is 5.91 Å². The molecular formula is C23H30N4O2. The van der Waals surface area contributed by atoms with E-state index >= 15 is 0 Å². The highest BCUT2D eigenvalue weighted by Crippen LogP contribution is 2.23. The Kier molecular flexibility index (Phi) is 6.42. The first kappa shape index (κ1) is 19.9. The lowest BCUT2D eigenvalue weighted by Crippen LogP contribution is -2.44. The number of aromatic nitrogens is 1. The molecule has 29 heavy (non-hydrogen) atoms. The highest BCUT2D eigenvalue weighted by atomic mass is 16.5. The first-order valence-electron chi connectivity index (χ1n) is 10.6. The molecule has 2 aliphatic rings. The monoisotopic (exact) mass is 394 g/mol. The third kappa shape index (κ3) is 5.34. The van der Waals surface area contributed by atoms with Crippen LogP contribution in [0.2, 0.25) is 0 Å². The van der Waals surface area contributed by atoms with Crippen LogP contribution in [-0.2, 0) is 4.74 Å². The van der Waals surface area contributed by atoms with Crippen LogP contribution in [0.3, 0.4) is 0 Å². The van der Waals surface area contributed by atoms with Crippen molar-refractivity contribution in [1.82, 2.24) is 9.88 Å². The Labute approximate surface area is 172 Å². The minimum absolute atomic E-state index is 0.128. The lowest BCUT2D eigenvalue weighted by molar-refractivity contribution is 0.0296. The number of carbonyl (C=O) groups is 1. The van der Waals surface area contributed by atoms with Crippen LogP contribution in [0, 0.1) is 12.8 Å². The van der Waals surface area contributed by atoms with Gasteiger partial charge in [-0.2, -0.15) is 0 Å². The Morgan fingerprint density at radius 2 is 1.93 bits per heavy atom. The largest absolute Gasteiger partial charge is 0.379 e. The number of benzene rings is 1. The van der Waals surface area contributed by atoms with Crippen molar-refractivity contribution >= 4 is 17.4 Å². The third-order valence-corrected chi connectivity index (χ3v) is 5.78. The number of anilines is 2. The number of rotatable bonds is 5. The van der Waals surface area contributed by atoms with Gasteiger partial charge in [-0.1, -0.05) is 17.7 Å². The number of nitrogens with zero attached hydrogens (tertiary/aromatic N) is 3. The van der Waals surface area contributed by atoms with Gasteiger partial charge in [0.1, 0.15) is 5.82 Å². The first-order chi connectivity index (χ1) is 14.2. The molecule has 0 spiro atoms. The number of hydrogen-bond acceptors (Lipinski definition) is 5. The molecule has 2 aliphatic heterocycles. The first-order valence-corrected chi connectivity index (χ1v) is 10.6. The lowest BCUT2D eigenvalue weighted by atomic mass is 9.97. The Morgan fingerprint density at radius 3 is 2.66 bits per heavy atom. The number of ether oxygens (including phenoxy) is 1. The van der Waals surface area contributed by atoms with Gasteiger partial charge in [0.05, 0.1) is 18.8 Å². The summed E-state index contributed by atoms with van der Waals surface area (Å²) < 4.78 is 5.46. The molecule has 2 saturated heterocycles. The van der Waals surface area contributed by atoms with Gasteiger partial charge >= 0.3 is 0 Å². The highest BCUT2D eigenvalue weighted by molar-refractivity contribution is 6.04. The summed E-state index contributed by atoms with van der Waals surface area (Å²) >= 11 is 0. The zero-order chi connectivity index (χ0) is 20.1. The van der Waals surface area contributed by atoms with Crippen molar-refractivity contribution in [3.05, 3.63) is 53.7 Å². The minimum Gasteiger partial charge on any atom is -0.379 e. The molecule has 2 fully saturated rings. The summed E-state index contributed by atoms with van der Waals surface area (Å²) in [4.78, 5) is 21.9. The van der Waals surface area contributed by atoms with Crippen LogP contribution in [0.4, 0.5) is 11.5 Å². The zero-order valence-electron chi connectivity index (χ0n) is 17.1. The van der Waals surface area contributed by atoms with Crippen molar-refractivity contribution < 1.29 is 9.53 Å². The van der Waals surface area contributed by atoms with Crippen molar-refractivity contribution in [3.63, 3.8) is 0 Å². The van der Waals surface area contributed by atoms with E-state index in [0.717, 1.165) is 57.4 Å². The summed E-state index contributed by atoms with van der Waals surface area (Å²) in [5.74, 6) is 1.49. The number of carbonyl (C=O) groups excluding carboxylic acids is 1. The molecule has 1 aromatic heterocycles. The van der Waals surface area contributed by atoms with Gasteiger partial charge in [0, 0.05) is 44.6 Å². The van der Waals surface area contributed by atoms with Crippen molar-refractivity contribution in [2.24, 2.45) is 5.92 Å². The summed E-state index contributed by atoms with van der Waals surface area (Å²) in [5, 5.41) is 2.93. The number of morpholine rings is 1. The second-order valence-corrected chi connectivity index (χ2v) is 8.09. The number of pyridine rings is 1. The number of nitrogens with one attached hydrogen (secondary N) is 1. The predicted octanol–water partition coefficient (Wildman–Crippen LogP) is 3.19. The Hall–Kier alpha value is -2.44. The number of amides is 1. The number of piperidine rings is 1. The normalized spacial score (nSPS) is 20.4. The molecule has 154 valence electrons. The quantitative estimate of drug-likeness (QED) is 0.844. The molecule has 0 saturated carbocycles. The maximum atomic E-state index is 12.5. The summed E-state index contributed by atoms with van der Waals surface area (Å²) in [6, 6.07) is 11.6. The smallest absolute Gasteiger partial charge is 0.257 e. The second-order valence-electron chi connectivity index (χ2n) is 8.09. The standard InChI is InChI=1S/C23H30N4O2/c1-18-4-7-21(8-5-18)25-23(28)20-6-9-22(24-15-20)27-10-2-3-19(17-27)16-26-11-13-29-14-12-26/h4-9,15,19H,2-3,10-14,16-17H2,1H3,(H,25,28). The van der Waals surface area contributed by atoms with Crippen molar-refractivity contribution in [1.29, 1.82) is 0 Å². The number of hydrogen-bond donors (Lipinski definition) is 1. The predicted molar refractivity (Wildman–Crippen MR) is 116 cm³/mol. The fourth-order valence-corrected chi connectivity index (χ4v) is 4.12. The van der Waals surface area contributed by atoms with Gasteiger partial charge < -0.3 is 15.0 Å². The van der Waals surface area contributed by atoms with E-state index in [0.29, 0.717) is 11.5 Å². The van der Waals surface area contributed by atoms with Gasteiger partial charge in [-0.15, -0.1) is 0 Å². The Bertz CT molecular complexity index is 801. The molecule has 3 heterocycles. The molecule has 1 aromatic carbocycles. The molecule has 6 nitrogen and oxygen atoms in total. The van der Waals surface area contributed by atoms with Gasteiger partial charge in [-0.05, 0) is 49.9 Å². The van der Waals surface area contributed by atoms with E-state index < -0.39 is 0 Å². The maximum absolute atomic E-state index is 12.5. The molecule has 4 rings (SSSR count). The Balaban J connectivity index is 1.34. The van der Waals surface area contributed by atoms with Crippen LogP contribution in [0.15, 0.2) is 42.6 Å². The van der Waals surface area contributed by atoms with Crippen LogP contribution in [0.5, 0.6) is 0 Å². The van der Waals surface area contributed by atoms with Gasteiger partial charge in [0.15, 0.2) is 0 Å².